The summed E-state index contributed by atoms with van der Waals surface area (Å²) in [5.41, 5.74) is 0.682. The number of carbonyl (C=O) groups excluding carboxylic acids is 1. The number of ketones is 1. The van der Waals surface area contributed by atoms with Gasteiger partial charge in [0.2, 0.25) is 0 Å². The highest BCUT2D eigenvalue weighted by Gasteiger charge is 2.17. The summed E-state index contributed by atoms with van der Waals surface area (Å²) in [4.78, 5) is 11.3. The molecule has 0 aromatic carbocycles. The molecule has 12 heavy (non-hydrogen) atoms. The van der Waals surface area contributed by atoms with Crippen LogP contribution in [0.4, 0.5) is 0 Å². The van der Waals surface area contributed by atoms with Crippen molar-refractivity contribution in [3.63, 3.8) is 0 Å². The Labute approximate surface area is 73.6 Å². The van der Waals surface area contributed by atoms with Gasteiger partial charge in [-0.2, -0.15) is 0 Å². The van der Waals surface area contributed by atoms with E-state index in [1.54, 1.807) is 6.92 Å². The lowest BCUT2D eigenvalue weighted by Gasteiger charge is -2.21. The average molecular weight is 168 g/mol. The first-order valence-electron chi connectivity index (χ1n) is 4.46. The van der Waals surface area contributed by atoms with E-state index in [1.807, 2.05) is 0 Å². The zero-order chi connectivity index (χ0) is 8.97. The Morgan fingerprint density at radius 1 is 1.50 bits per heavy atom. The molecule has 0 bridgehead atoms. The van der Waals surface area contributed by atoms with Gasteiger partial charge in [-0.3, -0.25) is 4.79 Å². The van der Waals surface area contributed by atoms with E-state index in [9.17, 15) is 4.79 Å². The van der Waals surface area contributed by atoms with Crippen molar-refractivity contribution in [3.8, 4) is 0 Å². The highest BCUT2D eigenvalue weighted by Crippen LogP contribution is 2.19. The maximum Gasteiger partial charge on any atom is 0.158 e. The predicted molar refractivity (Wildman–Crippen MR) is 48.0 cm³/mol. The van der Waals surface area contributed by atoms with E-state index in [1.165, 1.54) is 0 Å². The molecule has 1 aliphatic rings. The maximum absolute atomic E-state index is 11.3. The van der Waals surface area contributed by atoms with Crippen LogP contribution in [0, 0.1) is 5.92 Å². The Hall–Kier alpha value is -0.630. The highest BCUT2D eigenvalue weighted by atomic mass is 16.5. The topological polar surface area (TPSA) is 26.3 Å². The minimum Gasteiger partial charge on any atom is -0.381 e. The Bertz CT molecular complexity index is 178. The first-order valence-corrected chi connectivity index (χ1v) is 4.46. The molecule has 1 rings (SSSR count). The fourth-order valence-electron chi connectivity index (χ4n) is 1.39. The standard InChI is InChI=1S/C10H16O2/c1-8(2)10(11)7-9-3-5-12-6-4-9/h9H,1,3-7H2,2H3. The van der Waals surface area contributed by atoms with Gasteiger partial charge in [0.25, 0.3) is 0 Å². The summed E-state index contributed by atoms with van der Waals surface area (Å²) in [6.45, 7) is 7.05. The second kappa shape index (κ2) is 4.41. The molecule has 1 aliphatic heterocycles. The molecular weight excluding hydrogens is 152 g/mol. The van der Waals surface area contributed by atoms with Crippen LogP contribution in [0.15, 0.2) is 12.2 Å². The molecule has 0 aromatic heterocycles. The first-order chi connectivity index (χ1) is 5.70. The molecule has 0 amide bonds. The highest BCUT2D eigenvalue weighted by molar-refractivity contribution is 5.94. The predicted octanol–water partition coefficient (Wildman–Crippen LogP) is 1.95. The number of hydrogen-bond acceptors (Lipinski definition) is 2. The van der Waals surface area contributed by atoms with Crippen LogP contribution in [0.25, 0.3) is 0 Å². The van der Waals surface area contributed by atoms with E-state index >= 15 is 0 Å². The molecule has 0 radical (unpaired) electrons. The van der Waals surface area contributed by atoms with Crippen LogP contribution < -0.4 is 0 Å². The van der Waals surface area contributed by atoms with Crippen molar-refractivity contribution in [3.05, 3.63) is 12.2 Å². The molecule has 0 atom stereocenters. The molecule has 1 fully saturated rings. The van der Waals surface area contributed by atoms with Crippen LogP contribution >= 0.6 is 0 Å². The quantitative estimate of drug-likeness (QED) is 0.602. The summed E-state index contributed by atoms with van der Waals surface area (Å²) >= 11 is 0. The lowest BCUT2D eigenvalue weighted by molar-refractivity contribution is -0.117. The second-order valence-electron chi connectivity index (χ2n) is 3.46. The van der Waals surface area contributed by atoms with E-state index in [4.69, 9.17) is 4.74 Å². The molecule has 0 aliphatic carbocycles. The van der Waals surface area contributed by atoms with Crippen LogP contribution in [-0.2, 0) is 9.53 Å². The molecule has 1 saturated heterocycles. The summed E-state index contributed by atoms with van der Waals surface area (Å²) in [5, 5.41) is 0. The average Bonchev–Trinajstić information content (AvgIpc) is 2.06. The summed E-state index contributed by atoms with van der Waals surface area (Å²) in [6.07, 6.45) is 2.72. The van der Waals surface area contributed by atoms with E-state index < -0.39 is 0 Å². The largest absolute Gasteiger partial charge is 0.381 e. The minimum absolute atomic E-state index is 0.210. The van der Waals surface area contributed by atoms with Crippen LogP contribution in [0.3, 0.4) is 0 Å². The first kappa shape index (κ1) is 9.46. The number of allylic oxidation sites excluding steroid dienone is 1. The maximum atomic E-state index is 11.3. The van der Waals surface area contributed by atoms with Crippen LogP contribution in [0.2, 0.25) is 0 Å². The smallest absolute Gasteiger partial charge is 0.158 e. The Morgan fingerprint density at radius 2 is 2.08 bits per heavy atom. The van der Waals surface area contributed by atoms with Gasteiger partial charge < -0.3 is 4.74 Å². The number of hydrogen-bond donors (Lipinski definition) is 0. The third-order valence-corrected chi connectivity index (χ3v) is 2.29. The van der Waals surface area contributed by atoms with Crippen molar-refractivity contribution in [1.29, 1.82) is 0 Å². The van der Waals surface area contributed by atoms with E-state index in [-0.39, 0.29) is 5.78 Å². The third-order valence-electron chi connectivity index (χ3n) is 2.29. The second-order valence-corrected chi connectivity index (χ2v) is 3.46. The fraction of sp³-hybridized carbons (Fsp3) is 0.700. The normalized spacial score (nSPS) is 19.1. The van der Waals surface area contributed by atoms with Gasteiger partial charge >= 0.3 is 0 Å². The van der Waals surface area contributed by atoms with Crippen LogP contribution in [-0.4, -0.2) is 19.0 Å². The van der Waals surface area contributed by atoms with Crippen LogP contribution in [0.1, 0.15) is 26.2 Å². The molecule has 0 unspecified atom stereocenters. The zero-order valence-electron chi connectivity index (χ0n) is 7.64. The monoisotopic (exact) mass is 168 g/mol. The third kappa shape index (κ3) is 2.78. The summed E-state index contributed by atoms with van der Waals surface area (Å²) in [7, 11) is 0. The van der Waals surface area contributed by atoms with Crippen molar-refractivity contribution in [2.75, 3.05) is 13.2 Å². The molecular formula is C10H16O2. The van der Waals surface area contributed by atoms with E-state index in [2.05, 4.69) is 6.58 Å². The van der Waals surface area contributed by atoms with Gasteiger partial charge in [-0.1, -0.05) is 6.58 Å². The molecule has 68 valence electrons. The molecule has 0 spiro atoms. The van der Waals surface area contributed by atoms with E-state index in [0.29, 0.717) is 17.9 Å². The summed E-state index contributed by atoms with van der Waals surface area (Å²) < 4.78 is 5.21. The molecule has 0 aromatic rings. The Morgan fingerprint density at radius 3 is 2.58 bits per heavy atom. The van der Waals surface area contributed by atoms with Gasteiger partial charge in [0, 0.05) is 19.6 Å². The van der Waals surface area contributed by atoms with Crippen molar-refractivity contribution in [2.45, 2.75) is 26.2 Å². The number of ether oxygens (including phenoxy) is 1. The number of Topliss-reactive ketones (excluding diaryl/α,β-unsaturated/α-hetero) is 1. The Balaban J connectivity index is 2.29. The van der Waals surface area contributed by atoms with Gasteiger partial charge in [0.15, 0.2) is 5.78 Å². The molecule has 2 heteroatoms. The van der Waals surface area contributed by atoms with Crippen molar-refractivity contribution in [2.24, 2.45) is 5.92 Å². The van der Waals surface area contributed by atoms with Gasteiger partial charge in [-0.15, -0.1) is 0 Å². The van der Waals surface area contributed by atoms with Gasteiger partial charge in [-0.05, 0) is 31.3 Å². The SMILES string of the molecule is C=C(C)C(=O)CC1CCOCC1. The molecule has 0 N–H and O–H groups in total. The molecule has 0 saturated carbocycles. The fourth-order valence-corrected chi connectivity index (χ4v) is 1.39. The molecule has 1 heterocycles. The number of carbonyl (C=O) groups is 1. The summed E-state index contributed by atoms with van der Waals surface area (Å²) in [6, 6.07) is 0. The van der Waals surface area contributed by atoms with E-state index in [0.717, 1.165) is 26.1 Å². The van der Waals surface area contributed by atoms with Crippen molar-refractivity contribution >= 4 is 5.78 Å². The lowest BCUT2D eigenvalue weighted by Crippen LogP contribution is -2.18. The van der Waals surface area contributed by atoms with Crippen molar-refractivity contribution in [1.82, 2.24) is 0 Å². The van der Waals surface area contributed by atoms with Gasteiger partial charge in [0.1, 0.15) is 0 Å². The minimum atomic E-state index is 0.210. The van der Waals surface area contributed by atoms with Gasteiger partial charge in [-0.25, -0.2) is 0 Å². The zero-order valence-corrected chi connectivity index (χ0v) is 7.64. The van der Waals surface area contributed by atoms with Crippen molar-refractivity contribution < 1.29 is 9.53 Å². The number of rotatable bonds is 3. The molecule has 2 nitrogen and oxygen atoms in total. The summed E-state index contributed by atoms with van der Waals surface area (Å²) in [5.74, 6) is 0.741. The van der Waals surface area contributed by atoms with Gasteiger partial charge in [0.05, 0.1) is 0 Å². The Kier molecular flexibility index (Phi) is 3.48. The lowest BCUT2D eigenvalue weighted by atomic mass is 9.93. The van der Waals surface area contributed by atoms with Crippen LogP contribution in [0.5, 0.6) is 0 Å².